The van der Waals surface area contributed by atoms with E-state index in [1.165, 1.54) is 0 Å². The molecule has 1 aromatic carbocycles. The molecule has 3 aromatic rings. The maximum atomic E-state index is 11.9. The minimum atomic E-state index is 0.142. The summed E-state index contributed by atoms with van der Waals surface area (Å²) in [5.41, 5.74) is 8.52. The fourth-order valence-corrected chi connectivity index (χ4v) is 4.56. The number of likely N-dealkylation sites (tertiary alicyclic amines) is 1. The van der Waals surface area contributed by atoms with Gasteiger partial charge in [-0.2, -0.15) is 5.10 Å². The molecular formula is C21H24N6O2S. The summed E-state index contributed by atoms with van der Waals surface area (Å²) in [6.07, 6.45) is 5.76. The zero-order chi connectivity index (χ0) is 20.9. The van der Waals surface area contributed by atoms with E-state index in [0.717, 1.165) is 42.1 Å². The van der Waals surface area contributed by atoms with Crippen molar-refractivity contribution in [2.24, 2.45) is 5.73 Å². The summed E-state index contributed by atoms with van der Waals surface area (Å²) in [5, 5.41) is 27.0. The first-order valence-electron chi connectivity index (χ1n) is 9.95. The minimum absolute atomic E-state index is 0.142. The molecule has 0 aliphatic carbocycles. The number of rotatable bonds is 6. The molecule has 1 aliphatic heterocycles. The van der Waals surface area contributed by atoms with E-state index in [-0.39, 0.29) is 11.7 Å². The Morgan fingerprint density at radius 2 is 2.03 bits per heavy atom. The van der Waals surface area contributed by atoms with Gasteiger partial charge in [0.25, 0.3) is 0 Å². The van der Waals surface area contributed by atoms with Crippen molar-refractivity contribution in [3.05, 3.63) is 42.7 Å². The molecule has 3 heterocycles. The first-order chi connectivity index (χ1) is 14.6. The standard InChI is InChI=1S/C21H24N6O2S/c22-8-5-21(29)27-9-6-16(7-10-27)30-20-4-3-18(25-26-20)17-2-1-14(11-19(17)28)15-12-23-24-13-15/h1-4,11-13,16,28H,5-10,22H2,(H,23,24). The first-order valence-corrected chi connectivity index (χ1v) is 10.8. The molecule has 0 bridgehead atoms. The lowest BCUT2D eigenvalue weighted by Gasteiger charge is -2.31. The average Bonchev–Trinajstić information content (AvgIpc) is 3.30. The van der Waals surface area contributed by atoms with E-state index in [1.807, 2.05) is 29.2 Å². The number of thioether (sulfide) groups is 1. The number of benzene rings is 1. The van der Waals surface area contributed by atoms with Crippen molar-refractivity contribution in [1.29, 1.82) is 0 Å². The fraction of sp³-hybridized carbons (Fsp3) is 0.333. The summed E-state index contributed by atoms with van der Waals surface area (Å²) in [7, 11) is 0. The topological polar surface area (TPSA) is 121 Å². The second-order valence-corrected chi connectivity index (χ2v) is 8.53. The maximum absolute atomic E-state index is 11.9. The molecule has 1 saturated heterocycles. The Kier molecular flexibility index (Phi) is 6.29. The monoisotopic (exact) mass is 424 g/mol. The lowest BCUT2D eigenvalue weighted by atomic mass is 10.0. The summed E-state index contributed by atoms with van der Waals surface area (Å²) in [5.74, 6) is 0.293. The highest BCUT2D eigenvalue weighted by atomic mass is 32.2. The molecule has 30 heavy (non-hydrogen) atoms. The van der Waals surface area contributed by atoms with Gasteiger partial charge in [-0.1, -0.05) is 6.07 Å². The van der Waals surface area contributed by atoms with E-state index >= 15 is 0 Å². The van der Waals surface area contributed by atoms with E-state index in [4.69, 9.17) is 5.73 Å². The number of piperidine rings is 1. The molecule has 2 aromatic heterocycles. The van der Waals surface area contributed by atoms with Crippen LogP contribution in [0.4, 0.5) is 0 Å². The van der Waals surface area contributed by atoms with E-state index in [9.17, 15) is 9.90 Å². The van der Waals surface area contributed by atoms with Crippen LogP contribution < -0.4 is 5.73 Å². The quantitative estimate of drug-likeness (QED) is 0.556. The van der Waals surface area contributed by atoms with Crippen molar-refractivity contribution in [2.45, 2.75) is 29.5 Å². The Morgan fingerprint density at radius 1 is 1.20 bits per heavy atom. The van der Waals surface area contributed by atoms with Crippen molar-refractivity contribution >= 4 is 17.7 Å². The number of amides is 1. The summed E-state index contributed by atoms with van der Waals surface area (Å²) < 4.78 is 0. The molecule has 156 valence electrons. The number of carbonyl (C=O) groups excluding carboxylic acids is 1. The van der Waals surface area contributed by atoms with Crippen molar-refractivity contribution in [2.75, 3.05) is 19.6 Å². The van der Waals surface area contributed by atoms with Gasteiger partial charge in [0.15, 0.2) is 0 Å². The number of aromatic nitrogens is 4. The molecule has 0 spiro atoms. The maximum Gasteiger partial charge on any atom is 0.223 e. The predicted molar refractivity (Wildman–Crippen MR) is 116 cm³/mol. The lowest BCUT2D eigenvalue weighted by molar-refractivity contribution is -0.131. The summed E-state index contributed by atoms with van der Waals surface area (Å²) in [6, 6.07) is 9.26. The number of aromatic hydroxyl groups is 1. The molecule has 0 radical (unpaired) electrons. The second kappa shape index (κ2) is 9.27. The number of nitrogens with zero attached hydrogens (tertiary/aromatic N) is 4. The molecule has 8 nitrogen and oxygen atoms in total. The van der Waals surface area contributed by atoms with Gasteiger partial charge in [-0.25, -0.2) is 0 Å². The molecule has 0 atom stereocenters. The number of hydrogen-bond donors (Lipinski definition) is 3. The van der Waals surface area contributed by atoms with Crippen LogP contribution in [-0.4, -0.2) is 61.2 Å². The van der Waals surface area contributed by atoms with Gasteiger partial charge in [0, 0.05) is 48.6 Å². The van der Waals surface area contributed by atoms with Gasteiger partial charge in [0.05, 0.1) is 11.9 Å². The largest absolute Gasteiger partial charge is 0.507 e. The van der Waals surface area contributed by atoms with Crippen LogP contribution >= 0.6 is 11.8 Å². The fourth-order valence-electron chi connectivity index (χ4n) is 3.54. The van der Waals surface area contributed by atoms with E-state index in [1.54, 1.807) is 30.2 Å². The van der Waals surface area contributed by atoms with Gasteiger partial charge in [0.1, 0.15) is 10.8 Å². The second-order valence-electron chi connectivity index (χ2n) is 7.21. The zero-order valence-corrected chi connectivity index (χ0v) is 17.3. The number of phenols is 1. The van der Waals surface area contributed by atoms with Crippen molar-refractivity contribution < 1.29 is 9.90 Å². The number of H-pyrrole nitrogens is 1. The van der Waals surface area contributed by atoms with Crippen LogP contribution in [0.15, 0.2) is 47.8 Å². The number of nitrogens with two attached hydrogens (primary N) is 1. The van der Waals surface area contributed by atoms with E-state index < -0.39 is 0 Å². The van der Waals surface area contributed by atoms with E-state index in [0.29, 0.717) is 29.5 Å². The zero-order valence-electron chi connectivity index (χ0n) is 16.5. The van der Waals surface area contributed by atoms with Gasteiger partial charge in [-0.15, -0.1) is 22.0 Å². The molecule has 1 fully saturated rings. The number of aromatic amines is 1. The number of phenolic OH excluding ortho intramolecular Hbond substituents is 1. The third-order valence-corrected chi connectivity index (χ3v) is 6.45. The molecular weight excluding hydrogens is 400 g/mol. The third kappa shape index (κ3) is 4.63. The average molecular weight is 425 g/mol. The van der Waals surface area contributed by atoms with Gasteiger partial charge in [-0.05, 0) is 42.7 Å². The highest BCUT2D eigenvalue weighted by Gasteiger charge is 2.23. The molecule has 9 heteroatoms. The molecule has 0 saturated carbocycles. The first kappa shape index (κ1) is 20.4. The van der Waals surface area contributed by atoms with E-state index in [2.05, 4.69) is 20.4 Å². The van der Waals surface area contributed by atoms with Crippen LogP contribution in [0.1, 0.15) is 19.3 Å². The van der Waals surface area contributed by atoms with Gasteiger partial charge < -0.3 is 15.7 Å². The molecule has 1 amide bonds. The van der Waals surface area contributed by atoms with Gasteiger partial charge in [-0.3, -0.25) is 9.89 Å². The van der Waals surface area contributed by atoms with Gasteiger partial charge >= 0.3 is 0 Å². The van der Waals surface area contributed by atoms with Gasteiger partial charge in [0.2, 0.25) is 5.91 Å². The van der Waals surface area contributed by atoms with Crippen molar-refractivity contribution in [3.63, 3.8) is 0 Å². The summed E-state index contributed by atoms with van der Waals surface area (Å²) in [4.78, 5) is 13.8. The number of carbonyl (C=O) groups is 1. The molecule has 0 unspecified atom stereocenters. The molecule has 1 aliphatic rings. The SMILES string of the molecule is NCCC(=O)N1CCC(Sc2ccc(-c3ccc(-c4cn[nH]c4)cc3O)nn2)CC1. The molecule has 4 N–H and O–H groups in total. The minimum Gasteiger partial charge on any atom is -0.507 e. The normalized spacial score (nSPS) is 14.8. The van der Waals surface area contributed by atoms with Crippen LogP contribution in [0, 0.1) is 0 Å². The van der Waals surface area contributed by atoms with Crippen LogP contribution in [0.25, 0.3) is 22.4 Å². The highest BCUT2D eigenvalue weighted by molar-refractivity contribution is 7.99. The Bertz CT molecular complexity index is 985. The van der Waals surface area contributed by atoms with Crippen LogP contribution in [0.5, 0.6) is 5.75 Å². The Morgan fingerprint density at radius 3 is 2.67 bits per heavy atom. The lowest BCUT2D eigenvalue weighted by Crippen LogP contribution is -2.40. The molecule has 4 rings (SSSR count). The Labute approximate surface area is 178 Å². The van der Waals surface area contributed by atoms with Crippen molar-refractivity contribution in [1.82, 2.24) is 25.3 Å². The predicted octanol–water partition coefficient (Wildman–Crippen LogP) is 2.67. The summed E-state index contributed by atoms with van der Waals surface area (Å²) >= 11 is 1.69. The van der Waals surface area contributed by atoms with Crippen LogP contribution in [0.3, 0.4) is 0 Å². The highest BCUT2D eigenvalue weighted by Crippen LogP contribution is 2.33. The summed E-state index contributed by atoms with van der Waals surface area (Å²) in [6.45, 7) is 1.93. The van der Waals surface area contributed by atoms with Crippen molar-refractivity contribution in [3.8, 4) is 28.1 Å². The third-order valence-electron chi connectivity index (χ3n) is 5.19. The number of nitrogens with one attached hydrogen (secondary N) is 1. The van der Waals surface area contributed by atoms with Crippen LogP contribution in [0.2, 0.25) is 0 Å². The van der Waals surface area contributed by atoms with Crippen LogP contribution in [-0.2, 0) is 4.79 Å². The number of hydrogen-bond acceptors (Lipinski definition) is 7. The Balaban J connectivity index is 1.37. The smallest absolute Gasteiger partial charge is 0.223 e. The Hall–Kier alpha value is -2.91.